The number of aryl methyl sites for hydroxylation is 2. The molecule has 0 aliphatic rings. The van der Waals surface area contributed by atoms with Crippen LogP contribution >= 0.6 is 0 Å². The second kappa shape index (κ2) is 8.13. The molecule has 0 aliphatic heterocycles. The molecule has 2 N–H and O–H groups in total. The third-order valence-corrected chi connectivity index (χ3v) is 3.83. The minimum absolute atomic E-state index is 0.0132. The van der Waals surface area contributed by atoms with Gasteiger partial charge >= 0.3 is 0 Å². The molecular formula is C17H27FN2O. The second-order valence-corrected chi connectivity index (χ2v) is 5.67. The molecule has 0 radical (unpaired) electrons. The van der Waals surface area contributed by atoms with Crippen LogP contribution in [0.4, 0.5) is 4.39 Å². The molecule has 0 bridgehead atoms. The molecule has 1 aromatic rings. The molecular weight excluding hydrogens is 267 g/mol. The first-order valence-corrected chi connectivity index (χ1v) is 7.68. The maximum absolute atomic E-state index is 13.6. The Balaban J connectivity index is 2.56. The van der Waals surface area contributed by atoms with Crippen molar-refractivity contribution in [2.45, 2.75) is 66.1 Å². The lowest BCUT2D eigenvalue weighted by Gasteiger charge is -2.19. The molecule has 4 heteroatoms. The Hall–Kier alpha value is -1.42. The van der Waals surface area contributed by atoms with E-state index in [1.54, 1.807) is 13.8 Å². The van der Waals surface area contributed by atoms with Crippen LogP contribution in [0, 0.1) is 19.7 Å². The first-order valence-electron chi connectivity index (χ1n) is 7.68. The van der Waals surface area contributed by atoms with Crippen LogP contribution in [0.2, 0.25) is 0 Å². The fraction of sp³-hybridized carbons (Fsp3) is 0.588. The van der Waals surface area contributed by atoms with Gasteiger partial charge < -0.3 is 10.6 Å². The topological polar surface area (TPSA) is 41.1 Å². The predicted octanol–water partition coefficient (Wildman–Crippen LogP) is 3.23. The van der Waals surface area contributed by atoms with Crippen molar-refractivity contribution in [1.82, 2.24) is 10.6 Å². The number of amides is 1. The molecule has 0 saturated carbocycles. The molecule has 0 saturated heterocycles. The van der Waals surface area contributed by atoms with Crippen LogP contribution in [-0.2, 0) is 11.3 Å². The number of halogens is 1. The Morgan fingerprint density at radius 1 is 1.19 bits per heavy atom. The monoisotopic (exact) mass is 294 g/mol. The van der Waals surface area contributed by atoms with Crippen LogP contribution in [0.15, 0.2) is 12.1 Å². The number of carbonyl (C=O) groups excluding carboxylic acids is 1. The summed E-state index contributed by atoms with van der Waals surface area (Å²) in [4.78, 5) is 12.0. The number of nitrogens with one attached hydrogen (secondary N) is 2. The fourth-order valence-electron chi connectivity index (χ4n) is 2.32. The zero-order valence-corrected chi connectivity index (χ0v) is 13.7. The van der Waals surface area contributed by atoms with Crippen molar-refractivity contribution in [3.63, 3.8) is 0 Å². The van der Waals surface area contributed by atoms with Crippen molar-refractivity contribution in [1.29, 1.82) is 0 Å². The van der Waals surface area contributed by atoms with E-state index in [9.17, 15) is 9.18 Å². The fourth-order valence-corrected chi connectivity index (χ4v) is 2.32. The standard InChI is InChI=1S/C17H27FN2O/c1-6-15(7-2)20-17(21)13(5)19-10-14-8-11(3)16(18)12(4)9-14/h8-9,13,15,19H,6-7,10H2,1-5H3,(H,20,21). The lowest BCUT2D eigenvalue weighted by atomic mass is 10.1. The van der Waals surface area contributed by atoms with Crippen LogP contribution < -0.4 is 10.6 Å². The van der Waals surface area contributed by atoms with Gasteiger partial charge in [-0.3, -0.25) is 4.79 Å². The molecule has 1 rings (SSSR count). The Morgan fingerprint density at radius 2 is 1.71 bits per heavy atom. The molecule has 0 spiro atoms. The maximum Gasteiger partial charge on any atom is 0.237 e. The van der Waals surface area contributed by atoms with E-state index < -0.39 is 0 Å². The number of benzene rings is 1. The predicted molar refractivity (Wildman–Crippen MR) is 84.7 cm³/mol. The molecule has 21 heavy (non-hydrogen) atoms. The number of hydrogen-bond donors (Lipinski definition) is 2. The van der Waals surface area contributed by atoms with Crippen LogP contribution in [0.5, 0.6) is 0 Å². The Morgan fingerprint density at radius 3 is 2.19 bits per heavy atom. The molecule has 1 aromatic carbocycles. The number of hydrogen-bond acceptors (Lipinski definition) is 2. The molecule has 0 aromatic heterocycles. The largest absolute Gasteiger partial charge is 0.352 e. The number of carbonyl (C=O) groups is 1. The zero-order valence-electron chi connectivity index (χ0n) is 13.7. The second-order valence-electron chi connectivity index (χ2n) is 5.67. The van der Waals surface area contributed by atoms with Crippen molar-refractivity contribution >= 4 is 5.91 Å². The lowest BCUT2D eigenvalue weighted by molar-refractivity contribution is -0.123. The highest BCUT2D eigenvalue weighted by Gasteiger charge is 2.15. The first kappa shape index (κ1) is 17.6. The van der Waals surface area contributed by atoms with Gasteiger partial charge in [-0.25, -0.2) is 4.39 Å². The van der Waals surface area contributed by atoms with Gasteiger partial charge in [0, 0.05) is 12.6 Å². The van der Waals surface area contributed by atoms with E-state index in [-0.39, 0.29) is 23.8 Å². The Kier molecular flexibility index (Phi) is 6.82. The van der Waals surface area contributed by atoms with E-state index in [1.165, 1.54) is 0 Å². The lowest BCUT2D eigenvalue weighted by Crippen LogP contribution is -2.45. The summed E-state index contributed by atoms with van der Waals surface area (Å²) < 4.78 is 13.6. The average Bonchev–Trinajstić information content (AvgIpc) is 2.47. The van der Waals surface area contributed by atoms with Crippen molar-refractivity contribution in [3.05, 3.63) is 34.6 Å². The van der Waals surface area contributed by atoms with Crippen molar-refractivity contribution < 1.29 is 9.18 Å². The summed E-state index contributed by atoms with van der Waals surface area (Å²) >= 11 is 0. The molecule has 0 heterocycles. The van der Waals surface area contributed by atoms with Gasteiger partial charge in [-0.2, -0.15) is 0 Å². The van der Waals surface area contributed by atoms with Crippen LogP contribution in [0.1, 0.15) is 50.3 Å². The first-order chi connectivity index (χ1) is 9.88. The van der Waals surface area contributed by atoms with E-state index in [1.807, 2.05) is 19.1 Å². The summed E-state index contributed by atoms with van der Waals surface area (Å²) in [5, 5.41) is 6.21. The van der Waals surface area contributed by atoms with Crippen molar-refractivity contribution in [2.24, 2.45) is 0 Å². The van der Waals surface area contributed by atoms with Crippen LogP contribution in [-0.4, -0.2) is 18.0 Å². The molecule has 1 atom stereocenters. The van der Waals surface area contributed by atoms with Gasteiger partial charge in [0.25, 0.3) is 0 Å². The van der Waals surface area contributed by atoms with Gasteiger partial charge in [0.2, 0.25) is 5.91 Å². The van der Waals surface area contributed by atoms with Gasteiger partial charge in [-0.05, 0) is 50.3 Å². The van der Waals surface area contributed by atoms with Crippen LogP contribution in [0.25, 0.3) is 0 Å². The molecule has 1 amide bonds. The highest BCUT2D eigenvalue weighted by Crippen LogP contribution is 2.14. The van der Waals surface area contributed by atoms with Crippen LogP contribution in [0.3, 0.4) is 0 Å². The van der Waals surface area contributed by atoms with E-state index >= 15 is 0 Å². The Labute approximate surface area is 127 Å². The molecule has 0 fully saturated rings. The summed E-state index contributed by atoms with van der Waals surface area (Å²) in [7, 11) is 0. The van der Waals surface area contributed by atoms with Crippen molar-refractivity contribution in [2.75, 3.05) is 0 Å². The molecule has 3 nitrogen and oxygen atoms in total. The van der Waals surface area contributed by atoms with E-state index in [0.29, 0.717) is 17.7 Å². The third kappa shape index (κ3) is 5.12. The van der Waals surface area contributed by atoms with Crippen molar-refractivity contribution in [3.8, 4) is 0 Å². The summed E-state index contributed by atoms with van der Waals surface area (Å²) in [5.74, 6) is -0.141. The summed E-state index contributed by atoms with van der Waals surface area (Å²) in [6, 6.07) is 3.61. The third-order valence-electron chi connectivity index (χ3n) is 3.83. The van der Waals surface area contributed by atoms with Gasteiger partial charge in [-0.1, -0.05) is 26.0 Å². The molecule has 1 unspecified atom stereocenters. The minimum atomic E-state index is -0.267. The highest BCUT2D eigenvalue weighted by atomic mass is 19.1. The van der Waals surface area contributed by atoms with Gasteiger partial charge in [-0.15, -0.1) is 0 Å². The SMILES string of the molecule is CCC(CC)NC(=O)C(C)NCc1cc(C)c(F)c(C)c1. The van der Waals surface area contributed by atoms with Gasteiger partial charge in [0.15, 0.2) is 0 Å². The molecule has 118 valence electrons. The number of rotatable bonds is 7. The zero-order chi connectivity index (χ0) is 16.0. The van der Waals surface area contributed by atoms with Gasteiger partial charge in [0.1, 0.15) is 5.82 Å². The molecule has 0 aliphatic carbocycles. The van der Waals surface area contributed by atoms with Gasteiger partial charge in [0.05, 0.1) is 6.04 Å². The average molecular weight is 294 g/mol. The van der Waals surface area contributed by atoms with E-state index in [4.69, 9.17) is 0 Å². The summed E-state index contributed by atoms with van der Waals surface area (Å²) in [5.41, 5.74) is 2.27. The summed E-state index contributed by atoms with van der Waals surface area (Å²) in [6.07, 6.45) is 1.87. The smallest absolute Gasteiger partial charge is 0.237 e. The normalized spacial score (nSPS) is 12.5. The minimum Gasteiger partial charge on any atom is -0.352 e. The highest BCUT2D eigenvalue weighted by molar-refractivity contribution is 5.81. The maximum atomic E-state index is 13.6. The van der Waals surface area contributed by atoms with E-state index in [2.05, 4.69) is 24.5 Å². The summed E-state index contributed by atoms with van der Waals surface area (Å²) in [6.45, 7) is 10.1. The quantitative estimate of drug-likeness (QED) is 0.810. The van der Waals surface area contributed by atoms with E-state index in [0.717, 1.165) is 18.4 Å². The Bertz CT molecular complexity index is 461.